The Morgan fingerprint density at radius 3 is 2.03 bits per heavy atom. The van der Waals surface area contributed by atoms with Crippen LogP contribution in [0.2, 0.25) is 15.1 Å². The maximum atomic E-state index is 14.7. The number of hydrogen-bond acceptors (Lipinski definition) is 3. The molecular weight excluding hydrogens is 625 g/mol. The fraction of sp³-hybridized carbons (Fsp3) is 0.160. The number of amides is 3. The molecule has 1 fully saturated rings. The van der Waals surface area contributed by atoms with E-state index in [0.717, 1.165) is 13.0 Å². The summed E-state index contributed by atoms with van der Waals surface area (Å²) in [6, 6.07) is 8.85. The summed E-state index contributed by atoms with van der Waals surface area (Å²) < 4.78 is 41.5. The number of nitrogens with one attached hydrogen (secondary N) is 3. The molecule has 1 saturated carbocycles. The second-order valence-electron chi connectivity index (χ2n) is 8.53. The third kappa shape index (κ3) is 5.93. The summed E-state index contributed by atoms with van der Waals surface area (Å²) in [5.41, 5.74) is -1.56. The Balaban J connectivity index is 1.55. The van der Waals surface area contributed by atoms with Gasteiger partial charge in [0.2, 0.25) is 11.8 Å². The summed E-state index contributed by atoms with van der Waals surface area (Å²) in [5, 5.41) is 6.90. The van der Waals surface area contributed by atoms with Gasteiger partial charge in [0.25, 0.3) is 5.91 Å². The van der Waals surface area contributed by atoms with E-state index in [9.17, 15) is 27.6 Å². The summed E-state index contributed by atoms with van der Waals surface area (Å²) in [4.78, 5) is 37.1. The average molecular weight is 640 g/mol. The van der Waals surface area contributed by atoms with Crippen LogP contribution < -0.4 is 16.0 Å². The van der Waals surface area contributed by atoms with E-state index in [4.69, 9.17) is 58.0 Å². The van der Waals surface area contributed by atoms with Gasteiger partial charge in [0.15, 0.2) is 17.5 Å². The van der Waals surface area contributed by atoms with Crippen molar-refractivity contribution in [1.29, 1.82) is 0 Å². The van der Waals surface area contributed by atoms with Crippen LogP contribution in [0.5, 0.6) is 0 Å². The molecular formula is C25H15Cl5F3N3O3. The third-order valence-electron chi connectivity index (χ3n) is 5.83. The molecule has 0 aliphatic heterocycles. The largest absolute Gasteiger partial charge is 0.326 e. The molecule has 0 bridgehead atoms. The molecule has 0 saturated heterocycles. The van der Waals surface area contributed by atoms with E-state index in [1.54, 1.807) is 18.2 Å². The van der Waals surface area contributed by atoms with Crippen molar-refractivity contribution in [3.05, 3.63) is 86.1 Å². The molecule has 1 aliphatic carbocycles. The molecule has 39 heavy (non-hydrogen) atoms. The van der Waals surface area contributed by atoms with Gasteiger partial charge in [-0.15, -0.1) is 23.2 Å². The van der Waals surface area contributed by atoms with Gasteiger partial charge in [-0.05, 0) is 35.9 Å². The van der Waals surface area contributed by atoms with Gasteiger partial charge in [-0.1, -0.05) is 40.9 Å². The second-order valence-corrected chi connectivity index (χ2v) is 11.2. The molecule has 204 valence electrons. The Labute approximate surface area is 244 Å². The van der Waals surface area contributed by atoms with Crippen molar-refractivity contribution in [2.24, 2.45) is 5.92 Å². The number of halogens is 8. The normalized spacial score (nSPS) is 17.4. The fourth-order valence-corrected chi connectivity index (χ4v) is 5.28. The highest BCUT2D eigenvalue weighted by Crippen LogP contribution is 2.65. The molecule has 0 aromatic heterocycles. The van der Waals surface area contributed by atoms with Crippen LogP contribution in [-0.2, 0) is 9.59 Å². The molecule has 3 N–H and O–H groups in total. The minimum Gasteiger partial charge on any atom is -0.326 e. The van der Waals surface area contributed by atoms with E-state index in [2.05, 4.69) is 5.32 Å². The zero-order chi connectivity index (χ0) is 28.8. The summed E-state index contributed by atoms with van der Waals surface area (Å²) in [7, 11) is 0. The van der Waals surface area contributed by atoms with Gasteiger partial charge >= 0.3 is 0 Å². The lowest BCUT2D eigenvalue weighted by Crippen LogP contribution is -2.19. The number of carbonyl (C=O) groups excluding carboxylic acids is 3. The summed E-state index contributed by atoms with van der Waals surface area (Å²) in [6.45, 7) is 0.993. The van der Waals surface area contributed by atoms with Gasteiger partial charge < -0.3 is 16.0 Å². The Morgan fingerprint density at radius 1 is 0.795 bits per heavy atom. The van der Waals surface area contributed by atoms with Crippen molar-refractivity contribution < 1.29 is 27.6 Å². The topological polar surface area (TPSA) is 87.3 Å². The van der Waals surface area contributed by atoms with Crippen molar-refractivity contribution in [2.45, 2.75) is 17.2 Å². The first-order valence-corrected chi connectivity index (χ1v) is 12.8. The minimum absolute atomic E-state index is 0.0949. The van der Waals surface area contributed by atoms with Gasteiger partial charge in [-0.3, -0.25) is 14.4 Å². The predicted molar refractivity (Wildman–Crippen MR) is 146 cm³/mol. The molecule has 3 aromatic carbocycles. The van der Waals surface area contributed by atoms with E-state index in [1.807, 2.05) is 10.6 Å². The van der Waals surface area contributed by atoms with E-state index < -0.39 is 62.7 Å². The molecule has 0 radical (unpaired) electrons. The summed E-state index contributed by atoms with van der Waals surface area (Å²) in [6.07, 6.45) is 0. The Hall–Kier alpha value is -2.69. The number of rotatable bonds is 6. The Kier molecular flexibility index (Phi) is 8.31. The van der Waals surface area contributed by atoms with Gasteiger partial charge in [-0.25, -0.2) is 13.2 Å². The second kappa shape index (κ2) is 11.1. The molecule has 6 nitrogen and oxygen atoms in total. The van der Waals surface area contributed by atoms with Crippen LogP contribution in [0.3, 0.4) is 0 Å². The van der Waals surface area contributed by atoms with Crippen LogP contribution in [0.4, 0.5) is 30.2 Å². The van der Waals surface area contributed by atoms with Gasteiger partial charge in [0, 0.05) is 24.6 Å². The smallest absolute Gasteiger partial charge is 0.257 e. The minimum atomic E-state index is -1.54. The van der Waals surface area contributed by atoms with Gasteiger partial charge in [0.1, 0.15) is 15.7 Å². The van der Waals surface area contributed by atoms with Crippen LogP contribution in [0.1, 0.15) is 28.8 Å². The van der Waals surface area contributed by atoms with E-state index >= 15 is 0 Å². The maximum absolute atomic E-state index is 14.7. The van der Waals surface area contributed by atoms with Crippen molar-refractivity contribution in [1.82, 2.24) is 0 Å². The van der Waals surface area contributed by atoms with Crippen LogP contribution >= 0.6 is 58.0 Å². The molecule has 2 atom stereocenters. The molecule has 3 aromatic rings. The van der Waals surface area contributed by atoms with E-state index in [-0.39, 0.29) is 21.3 Å². The first kappa shape index (κ1) is 29.3. The summed E-state index contributed by atoms with van der Waals surface area (Å²) >= 11 is 30.8. The Morgan fingerprint density at radius 2 is 1.41 bits per heavy atom. The lowest BCUT2D eigenvalue weighted by atomic mass is 10.1. The molecule has 3 amide bonds. The highest BCUT2D eigenvalue weighted by atomic mass is 35.5. The number of anilines is 3. The quantitative estimate of drug-likeness (QED) is 0.241. The monoisotopic (exact) mass is 637 g/mol. The lowest BCUT2D eigenvalue weighted by Gasteiger charge is -2.14. The number of alkyl halides is 2. The lowest BCUT2D eigenvalue weighted by molar-refractivity contribution is -0.117. The highest BCUT2D eigenvalue weighted by Gasteiger charge is 2.67. The maximum Gasteiger partial charge on any atom is 0.257 e. The van der Waals surface area contributed by atoms with Crippen molar-refractivity contribution in [3.63, 3.8) is 0 Å². The number of benzene rings is 3. The average Bonchev–Trinajstić information content (AvgIpc) is 3.44. The summed E-state index contributed by atoms with van der Waals surface area (Å²) in [5.74, 6) is -8.34. The fourth-order valence-electron chi connectivity index (χ4n) is 3.95. The molecule has 1 aliphatic rings. The van der Waals surface area contributed by atoms with Gasteiger partial charge in [0.05, 0.1) is 26.5 Å². The highest BCUT2D eigenvalue weighted by molar-refractivity contribution is 6.53. The van der Waals surface area contributed by atoms with E-state index in [1.165, 1.54) is 12.1 Å². The van der Waals surface area contributed by atoms with Crippen LogP contribution in [0.25, 0.3) is 0 Å². The number of hydrogen-bond donors (Lipinski definition) is 3. The molecule has 0 heterocycles. The SMILES string of the molecule is CC(=O)Nc1c(F)cc(F)c(NC(=O)c2cc(NC(=O)C3[C@H](c4ccc(Cl)c(Cl)c4)C3(Cl)Cl)ccc2Cl)c1F. The van der Waals surface area contributed by atoms with E-state index in [0.29, 0.717) is 16.7 Å². The van der Waals surface area contributed by atoms with Crippen LogP contribution in [0.15, 0.2) is 42.5 Å². The number of carbonyl (C=O) groups is 3. The molecule has 1 unspecified atom stereocenters. The van der Waals surface area contributed by atoms with Gasteiger partial charge in [-0.2, -0.15) is 0 Å². The van der Waals surface area contributed by atoms with Crippen LogP contribution in [0, 0.1) is 23.4 Å². The molecule has 0 spiro atoms. The zero-order valence-electron chi connectivity index (χ0n) is 19.4. The predicted octanol–water partition coefficient (Wildman–Crippen LogP) is 7.80. The molecule has 4 rings (SSSR count). The molecule has 14 heteroatoms. The first-order chi connectivity index (χ1) is 18.2. The third-order valence-corrected chi connectivity index (χ3v) is 7.84. The van der Waals surface area contributed by atoms with Crippen LogP contribution in [-0.4, -0.2) is 22.1 Å². The van der Waals surface area contributed by atoms with Crippen molar-refractivity contribution in [3.8, 4) is 0 Å². The van der Waals surface area contributed by atoms with Crippen molar-refractivity contribution in [2.75, 3.05) is 16.0 Å². The van der Waals surface area contributed by atoms with Crippen molar-refractivity contribution >= 4 is 92.8 Å². The standard InChI is InChI=1S/C25H15Cl5F3N3O3/c1-9(37)34-21-16(31)8-17(32)22(20(21)33)36-23(38)12-7-11(3-5-13(12)26)35-24(39)19-18(25(19,29)30)10-2-4-14(27)15(28)6-10/h2-8,18-19H,1H3,(H,34,37)(H,35,39)(H,36,38)/t18-,19?/m0/s1. The zero-order valence-corrected chi connectivity index (χ0v) is 23.2. The first-order valence-electron chi connectivity index (χ1n) is 10.9. The Bertz CT molecular complexity index is 1540.